The Morgan fingerprint density at radius 2 is 0.912 bits per heavy atom. The van der Waals surface area contributed by atoms with Crippen molar-refractivity contribution in [3.8, 4) is 0 Å². The van der Waals surface area contributed by atoms with Crippen molar-refractivity contribution >= 4 is 46.2 Å². The molecule has 5 saturated heterocycles. The third-order valence-electron chi connectivity index (χ3n) is 14.0. The van der Waals surface area contributed by atoms with Crippen molar-refractivity contribution in [3.63, 3.8) is 0 Å². The maximum Gasteiger partial charge on any atom is 0.217 e. The summed E-state index contributed by atoms with van der Waals surface area (Å²) in [5.74, 6) is -3.18. The third-order valence-corrected chi connectivity index (χ3v) is 15.1. The van der Waals surface area contributed by atoms with Crippen LogP contribution in [0.3, 0.4) is 0 Å². The van der Waals surface area contributed by atoms with Gasteiger partial charge in [-0.3, -0.25) is 19.2 Å². The fourth-order valence-electron chi connectivity index (χ4n) is 9.86. The Kier molecular flexibility index (Phi) is 26.1. The number of amides is 4. The van der Waals surface area contributed by atoms with Crippen LogP contribution in [0, 0.1) is 0 Å². The number of alkyl halides is 1. The van der Waals surface area contributed by atoms with Crippen LogP contribution in [0.1, 0.15) is 34.6 Å². The summed E-state index contributed by atoms with van der Waals surface area (Å²) in [6.45, 7) is 1.36. The first-order valence-corrected chi connectivity index (χ1v) is 26.6. The molecule has 34 nitrogen and oxygen atoms in total. The molecule has 5 fully saturated rings. The van der Waals surface area contributed by atoms with Gasteiger partial charge in [0.25, 0.3) is 0 Å². The van der Waals surface area contributed by atoms with Crippen LogP contribution in [0.2, 0.25) is 0 Å². The van der Waals surface area contributed by atoms with Gasteiger partial charge in [0.2, 0.25) is 23.6 Å². The minimum absolute atomic E-state index is 0.583. The summed E-state index contributed by atoms with van der Waals surface area (Å²) in [5, 5.41) is 162. The maximum atomic E-state index is 12.8. The van der Waals surface area contributed by atoms with Crippen molar-refractivity contribution in [1.29, 1.82) is 0 Å². The van der Waals surface area contributed by atoms with Crippen LogP contribution in [0.4, 0.5) is 0 Å². The predicted molar refractivity (Wildman–Crippen MR) is 266 cm³/mol. The summed E-state index contributed by atoms with van der Waals surface area (Å²) < 4.78 is 63.7. The summed E-state index contributed by atoms with van der Waals surface area (Å²) in [6, 6.07) is -8.57. The highest BCUT2D eigenvalue weighted by atomic mass is 127. The molecule has 0 spiro atoms. The van der Waals surface area contributed by atoms with Gasteiger partial charge in [-0.1, -0.05) is 22.6 Å². The first-order valence-electron chi connectivity index (χ1n) is 25.4. The Morgan fingerprint density at radius 3 is 1.31 bits per heavy atom. The van der Waals surface area contributed by atoms with Crippen LogP contribution in [-0.2, 0) is 71.3 Å². The molecule has 35 heteroatoms. The van der Waals surface area contributed by atoms with Crippen molar-refractivity contribution < 1.29 is 143 Å². The lowest BCUT2D eigenvalue weighted by Gasteiger charge is -2.51. The fourth-order valence-corrected chi connectivity index (χ4v) is 10.3. The number of carbonyl (C=O) groups excluding carboxylic acids is 4. The average molecular weight is 1280 g/mol. The number of nitrogens with one attached hydrogen (secondary N) is 4. The number of rotatable bonds is 24. The maximum absolute atomic E-state index is 12.8. The molecule has 464 valence electrons. The molecule has 0 aromatic rings. The zero-order valence-electron chi connectivity index (χ0n) is 44.2. The fraction of sp³-hybridized carbons (Fsp3) is 0.911. The summed E-state index contributed by atoms with van der Waals surface area (Å²) in [5.41, 5.74) is 5.94. The quantitative estimate of drug-likeness (QED) is 0.0242. The van der Waals surface area contributed by atoms with Gasteiger partial charge >= 0.3 is 0 Å². The van der Waals surface area contributed by atoms with Gasteiger partial charge < -0.3 is 151 Å². The number of nitrogens with two attached hydrogens (primary N) is 1. The van der Waals surface area contributed by atoms with E-state index in [1.54, 1.807) is 22.6 Å². The lowest BCUT2D eigenvalue weighted by atomic mass is 9.93. The zero-order chi connectivity index (χ0) is 59.8. The Morgan fingerprint density at radius 1 is 0.525 bits per heavy atom. The highest BCUT2D eigenvalue weighted by Gasteiger charge is 2.57. The van der Waals surface area contributed by atoms with E-state index in [4.69, 9.17) is 57.8 Å². The number of halogens is 1. The molecule has 0 radical (unpaired) electrons. The number of hydrogen-bond acceptors (Lipinski definition) is 30. The van der Waals surface area contributed by atoms with Crippen LogP contribution in [-0.4, -0.2) is 317 Å². The van der Waals surface area contributed by atoms with Crippen LogP contribution in [0.15, 0.2) is 0 Å². The van der Waals surface area contributed by atoms with Crippen molar-refractivity contribution in [2.45, 2.75) is 216 Å². The number of ether oxygens (including phenoxy) is 11. The molecule has 0 aromatic heterocycles. The molecule has 4 amide bonds. The number of hydrogen-bond donors (Lipinski definition) is 19. The van der Waals surface area contributed by atoms with E-state index in [2.05, 4.69) is 21.3 Å². The van der Waals surface area contributed by atoms with Gasteiger partial charge in [-0.05, 0) is 6.92 Å². The van der Waals surface area contributed by atoms with Gasteiger partial charge in [0, 0.05) is 34.8 Å². The molecule has 80 heavy (non-hydrogen) atoms. The van der Waals surface area contributed by atoms with Gasteiger partial charge in [0.1, 0.15) is 122 Å². The molecule has 20 N–H and O–H groups in total. The molecule has 0 aromatic carbocycles. The second kappa shape index (κ2) is 30.6. The van der Waals surface area contributed by atoms with Crippen LogP contribution in [0.5, 0.6) is 0 Å². The molecule has 12 unspecified atom stereocenters. The van der Waals surface area contributed by atoms with Crippen molar-refractivity contribution in [2.24, 2.45) is 5.73 Å². The molecule has 0 saturated carbocycles. The molecule has 0 bridgehead atoms. The van der Waals surface area contributed by atoms with Gasteiger partial charge in [-0.25, -0.2) is 0 Å². The molecule has 5 rings (SSSR count). The van der Waals surface area contributed by atoms with Gasteiger partial charge in [-0.2, -0.15) is 0 Å². The number of carbonyl (C=O) groups is 4. The Labute approximate surface area is 471 Å². The van der Waals surface area contributed by atoms with Crippen molar-refractivity contribution in [3.05, 3.63) is 0 Å². The second-order valence-corrected chi connectivity index (χ2v) is 21.5. The van der Waals surface area contributed by atoms with E-state index >= 15 is 0 Å². The van der Waals surface area contributed by atoms with E-state index in [9.17, 15) is 90.7 Å². The zero-order valence-corrected chi connectivity index (χ0v) is 46.4. The Bertz CT molecular complexity index is 1980. The summed E-state index contributed by atoms with van der Waals surface area (Å²) in [6.07, 6.45) is -41.6. The van der Waals surface area contributed by atoms with Gasteiger partial charge in [-0.15, -0.1) is 0 Å². The van der Waals surface area contributed by atoms with Crippen molar-refractivity contribution in [1.82, 2.24) is 21.3 Å². The van der Waals surface area contributed by atoms with E-state index < -0.39 is 238 Å². The molecular formula is C45H78IN5O29. The Balaban J connectivity index is 1.39. The largest absolute Gasteiger partial charge is 0.395 e. The van der Waals surface area contributed by atoms with E-state index in [-0.39, 0.29) is 0 Å². The van der Waals surface area contributed by atoms with Crippen LogP contribution in [0.25, 0.3) is 0 Å². The SMILES string of the molecule is CO[C@@H]1C(O)[C@H](O)C(C)O[C@H]1OCC1O[C@@H](O)[C@@H](NC(C)=O)C(O)[C@@H]1O[C@@H]1OC(CO)[C@@H](O[C@@H]2OC(CO)[C@@H](O[C@@H]3OC(CO)[C@@H](O[C@H](O)C(N)[C@@H](O)[C@H](O)C(I)CO)C(O)[C@@H]3NC(C)=O)C(O)[C@@H]2NC(C)=O)C(O)[C@@H]1NC(C)=O. The highest BCUT2D eigenvalue weighted by Crippen LogP contribution is 2.36. The number of methoxy groups -OCH3 is 1. The standard InChI is InChI=1S/C45H78IN5O29/c1-12-27(60)34(67)39(70-6)45(72-12)71-11-21-38(30(63)23(41(69)73-21)48-13(2)56)80-44-26(51-16(5)59)33(66)37(20(10-55)76-44)79-43-25(50-15(4)58)32(65)36(19(9-54)75-43)78-42-24(49-14(3)57)31(64)35(18(8-53)74-42)77-40(68)22(47)29(62)28(61)17(46)7-52/h12,17-45,52-55,60-69H,7-11,47H2,1-6H3,(H,48,56)(H,49,57)(H,50,58)(H,51,59)/t12?,17?,18?,19?,20?,21?,22?,23-,24-,25-,26-,27+,28+,29+,30?,31?,32?,33?,34?,35+,36+,37+,38+,39+,40-,41+,42-,43-,44-,45+/m0/s1. The van der Waals surface area contributed by atoms with E-state index in [0.717, 1.165) is 27.7 Å². The van der Waals surface area contributed by atoms with E-state index in [1.165, 1.54) is 14.0 Å². The average Bonchev–Trinajstić information content (AvgIpc) is 3.43. The topological polar surface area (TPSA) is 527 Å². The monoisotopic (exact) mass is 1280 g/mol. The summed E-state index contributed by atoms with van der Waals surface area (Å²) in [4.78, 5) is 50.3. The lowest BCUT2D eigenvalue weighted by Crippen LogP contribution is -2.72. The van der Waals surface area contributed by atoms with Crippen molar-refractivity contribution in [2.75, 3.05) is 40.1 Å². The molecule has 0 aliphatic carbocycles. The third kappa shape index (κ3) is 16.3. The molecule has 5 heterocycles. The normalized spacial score (nSPS) is 42.5. The van der Waals surface area contributed by atoms with Crippen LogP contribution < -0.4 is 27.0 Å². The lowest BCUT2D eigenvalue weighted by molar-refractivity contribution is -0.366. The summed E-state index contributed by atoms with van der Waals surface area (Å²) >= 11 is 1.63. The smallest absolute Gasteiger partial charge is 0.217 e. The Hall–Kier alpha value is -2.43. The molecule has 5 aliphatic heterocycles. The second-order valence-electron chi connectivity index (χ2n) is 19.9. The molecule has 30 atom stereocenters. The van der Waals surface area contributed by atoms with Gasteiger partial charge in [0.15, 0.2) is 37.7 Å². The van der Waals surface area contributed by atoms with E-state index in [1.807, 2.05) is 0 Å². The van der Waals surface area contributed by atoms with E-state index in [0.29, 0.717) is 0 Å². The first-order chi connectivity index (χ1) is 37.6. The highest BCUT2D eigenvalue weighted by molar-refractivity contribution is 14.1. The molecular weight excluding hydrogens is 1200 g/mol. The minimum atomic E-state index is -2.19. The minimum Gasteiger partial charge on any atom is -0.395 e. The summed E-state index contributed by atoms with van der Waals surface area (Å²) in [7, 11) is 1.21. The number of aliphatic hydroxyl groups excluding tert-OH is 14. The first kappa shape index (κ1) is 68.4. The van der Waals surface area contributed by atoms with Crippen LogP contribution >= 0.6 is 22.6 Å². The van der Waals surface area contributed by atoms with Gasteiger partial charge in [0.05, 0.1) is 55.2 Å². The predicted octanol–water partition coefficient (Wildman–Crippen LogP) is -11.5. The number of aliphatic hydroxyl groups is 14. The molecule has 5 aliphatic rings.